The van der Waals surface area contributed by atoms with Gasteiger partial charge >= 0.3 is 0 Å². The second-order valence-electron chi connectivity index (χ2n) is 9.31. The van der Waals surface area contributed by atoms with E-state index < -0.39 is 0 Å². The first-order chi connectivity index (χ1) is 16.2. The van der Waals surface area contributed by atoms with Crippen molar-refractivity contribution in [3.8, 4) is 17.2 Å². The average molecular weight is 428 g/mol. The Bertz CT molecular complexity index is 1410. The highest BCUT2D eigenvalue weighted by Crippen LogP contribution is 2.43. The van der Waals surface area contributed by atoms with E-state index >= 15 is 0 Å². The number of hydrogen-bond donors (Lipinski definition) is 0. The zero-order valence-electron chi connectivity index (χ0n) is 18.8. The molecule has 160 valence electrons. The smallest absolute Gasteiger partial charge is 0.141 e. The van der Waals surface area contributed by atoms with E-state index in [0.29, 0.717) is 5.69 Å². The monoisotopic (exact) mass is 427 g/mol. The molecule has 0 fully saturated rings. The zero-order valence-corrected chi connectivity index (χ0v) is 18.8. The summed E-state index contributed by atoms with van der Waals surface area (Å²) < 4.78 is 0. The van der Waals surface area contributed by atoms with E-state index in [-0.39, 0.29) is 5.92 Å². The number of benzene rings is 2. The summed E-state index contributed by atoms with van der Waals surface area (Å²) in [5.41, 5.74) is 13.2. The molecule has 2 aliphatic carbocycles. The predicted molar refractivity (Wildman–Crippen MR) is 133 cm³/mol. The zero-order chi connectivity index (χ0) is 22.4. The van der Waals surface area contributed by atoms with Gasteiger partial charge < -0.3 is 0 Å². The van der Waals surface area contributed by atoms with Crippen LogP contribution in [0.3, 0.4) is 0 Å². The molecule has 1 aliphatic heterocycles. The first-order valence-electron chi connectivity index (χ1n) is 11.7. The Morgan fingerprint density at radius 2 is 1.91 bits per heavy atom. The number of nitriles is 1. The standard InChI is InChI=1S/C30H25N3/c1-19-5-7-23-14-21(19)8-6-20-3-2-4-22(13-20)27-16-26(17-31)33-29-10-9-24(15-28(27)29)30(23)25-11-12-32-18-25/h2-5,7,12-16,18,30H,6,8-11H2,1H3. The summed E-state index contributed by atoms with van der Waals surface area (Å²) in [6, 6.07) is 20.1. The minimum Gasteiger partial charge on any atom is -0.269 e. The van der Waals surface area contributed by atoms with Gasteiger partial charge in [-0.3, -0.25) is 4.99 Å². The Morgan fingerprint density at radius 1 is 0.970 bits per heavy atom. The Balaban J connectivity index is 1.63. The van der Waals surface area contributed by atoms with Crippen LogP contribution in [0.25, 0.3) is 17.2 Å². The van der Waals surface area contributed by atoms with Crippen LogP contribution in [-0.2, 0) is 19.3 Å². The normalized spacial score (nSPS) is 18.4. The van der Waals surface area contributed by atoms with Gasteiger partial charge in [0.05, 0.1) is 5.69 Å². The van der Waals surface area contributed by atoms with Crippen LogP contribution in [0.4, 0.5) is 0 Å². The fourth-order valence-electron chi connectivity index (χ4n) is 5.54. The minimum absolute atomic E-state index is 0.229. The van der Waals surface area contributed by atoms with Gasteiger partial charge in [-0.2, -0.15) is 5.26 Å². The van der Waals surface area contributed by atoms with Crippen molar-refractivity contribution in [3.05, 3.63) is 105 Å². The van der Waals surface area contributed by atoms with Gasteiger partial charge in [-0.25, -0.2) is 4.98 Å². The average Bonchev–Trinajstić information content (AvgIpc) is 3.37. The first kappa shape index (κ1) is 19.9. The fourth-order valence-corrected chi connectivity index (χ4v) is 5.54. The fraction of sp³-hybridized carbons (Fsp3) is 0.233. The molecule has 33 heavy (non-hydrogen) atoms. The molecular formula is C30H25N3. The number of allylic oxidation sites excluding steroid dienone is 2. The Labute approximate surface area is 194 Å². The second kappa shape index (κ2) is 7.98. The maximum absolute atomic E-state index is 9.64. The Hall–Kier alpha value is -3.77. The lowest BCUT2D eigenvalue weighted by molar-refractivity contribution is 0.786. The Kier molecular flexibility index (Phi) is 4.80. The molecule has 0 saturated heterocycles. The van der Waals surface area contributed by atoms with Gasteiger partial charge in [0.1, 0.15) is 11.8 Å². The maximum atomic E-state index is 9.64. The van der Waals surface area contributed by atoms with Crippen LogP contribution in [0.2, 0.25) is 0 Å². The van der Waals surface area contributed by atoms with Crippen LogP contribution in [0, 0.1) is 18.3 Å². The number of aromatic nitrogens is 1. The molecule has 3 aromatic rings. The summed E-state index contributed by atoms with van der Waals surface area (Å²) in [4.78, 5) is 9.15. The topological polar surface area (TPSA) is 49.0 Å². The van der Waals surface area contributed by atoms with Crippen LogP contribution < -0.4 is 0 Å². The molecule has 1 unspecified atom stereocenters. The quantitative estimate of drug-likeness (QED) is 0.445. The molecule has 0 spiro atoms. The molecule has 3 nitrogen and oxygen atoms in total. The number of aliphatic imine (C=N–C) groups is 1. The first-order valence-corrected chi connectivity index (χ1v) is 11.7. The number of fused-ring (bicyclic) bond motifs is 5. The van der Waals surface area contributed by atoms with E-state index in [2.05, 4.69) is 72.7 Å². The minimum atomic E-state index is 0.229. The van der Waals surface area contributed by atoms with Crippen LogP contribution >= 0.6 is 0 Å². The van der Waals surface area contributed by atoms with Crippen LogP contribution in [0.1, 0.15) is 58.0 Å². The number of pyridine rings is 1. The molecular weight excluding hydrogens is 402 g/mol. The number of nitrogens with zero attached hydrogens (tertiary/aromatic N) is 3. The lowest BCUT2D eigenvalue weighted by Gasteiger charge is -2.27. The van der Waals surface area contributed by atoms with Crippen molar-refractivity contribution in [3.63, 3.8) is 0 Å². The number of rotatable bonds is 1. The molecule has 1 aromatic heterocycles. The van der Waals surface area contributed by atoms with Crippen molar-refractivity contribution in [2.75, 3.05) is 0 Å². The van der Waals surface area contributed by atoms with Gasteiger partial charge in [0, 0.05) is 30.3 Å². The van der Waals surface area contributed by atoms with E-state index in [1.807, 2.05) is 12.3 Å². The molecule has 6 rings (SSSR count). The summed E-state index contributed by atoms with van der Waals surface area (Å²) in [6.07, 6.45) is 11.1. The highest BCUT2D eigenvalue weighted by Gasteiger charge is 2.27. The Morgan fingerprint density at radius 3 is 2.76 bits per heavy atom. The molecule has 2 aromatic carbocycles. The number of hydrogen-bond acceptors (Lipinski definition) is 3. The summed E-state index contributed by atoms with van der Waals surface area (Å²) in [5.74, 6) is 0.229. The van der Waals surface area contributed by atoms with Crippen LogP contribution in [0.5, 0.6) is 0 Å². The SMILES string of the molecule is Cc1ccc2cc1CCc1cccc(c1)-c1cc(C#N)nc3c1C=C(CC3)C2C1=CN=CC1. The summed E-state index contributed by atoms with van der Waals surface area (Å²) in [6.45, 7) is 2.22. The van der Waals surface area contributed by atoms with Crippen molar-refractivity contribution in [2.24, 2.45) is 4.99 Å². The summed E-state index contributed by atoms with van der Waals surface area (Å²) in [5, 5.41) is 9.64. The lowest BCUT2D eigenvalue weighted by Crippen LogP contribution is -2.13. The molecule has 3 aliphatic rings. The molecule has 0 N–H and O–H groups in total. The van der Waals surface area contributed by atoms with E-state index in [0.717, 1.165) is 43.4 Å². The maximum Gasteiger partial charge on any atom is 0.141 e. The molecule has 2 heterocycles. The predicted octanol–water partition coefficient (Wildman–Crippen LogP) is 6.50. The molecule has 0 amide bonds. The van der Waals surface area contributed by atoms with Crippen molar-refractivity contribution in [2.45, 2.75) is 44.9 Å². The molecule has 0 radical (unpaired) electrons. The number of aryl methyl sites for hydroxylation is 4. The van der Waals surface area contributed by atoms with Crippen molar-refractivity contribution < 1.29 is 0 Å². The van der Waals surface area contributed by atoms with Crippen molar-refractivity contribution in [1.82, 2.24) is 4.98 Å². The highest BCUT2D eigenvalue weighted by atomic mass is 14.7. The van der Waals surface area contributed by atoms with Gasteiger partial charge in [0.2, 0.25) is 0 Å². The second-order valence-corrected chi connectivity index (χ2v) is 9.31. The van der Waals surface area contributed by atoms with Gasteiger partial charge in [-0.15, -0.1) is 0 Å². The molecule has 1 atom stereocenters. The summed E-state index contributed by atoms with van der Waals surface area (Å²) >= 11 is 0. The molecule has 6 bridgehead atoms. The third-order valence-electron chi connectivity index (χ3n) is 7.27. The van der Waals surface area contributed by atoms with Crippen molar-refractivity contribution in [1.29, 1.82) is 5.26 Å². The lowest BCUT2D eigenvalue weighted by atomic mass is 9.77. The van der Waals surface area contributed by atoms with E-state index in [9.17, 15) is 5.26 Å². The van der Waals surface area contributed by atoms with Gasteiger partial charge in [0.25, 0.3) is 0 Å². The van der Waals surface area contributed by atoms with Gasteiger partial charge in [-0.05, 0) is 77.6 Å². The van der Waals surface area contributed by atoms with E-state index in [4.69, 9.17) is 4.98 Å². The molecule has 0 saturated carbocycles. The van der Waals surface area contributed by atoms with Crippen LogP contribution in [0.15, 0.2) is 70.9 Å². The highest BCUT2D eigenvalue weighted by molar-refractivity contribution is 5.80. The molecule has 3 heteroatoms. The summed E-state index contributed by atoms with van der Waals surface area (Å²) in [7, 11) is 0. The van der Waals surface area contributed by atoms with E-state index in [1.54, 1.807) is 0 Å². The van der Waals surface area contributed by atoms with Crippen molar-refractivity contribution >= 4 is 12.3 Å². The van der Waals surface area contributed by atoms with E-state index in [1.165, 1.54) is 44.5 Å². The van der Waals surface area contributed by atoms with Crippen LogP contribution in [-0.4, -0.2) is 11.2 Å². The largest absolute Gasteiger partial charge is 0.269 e. The van der Waals surface area contributed by atoms with Gasteiger partial charge in [-0.1, -0.05) is 54.1 Å². The van der Waals surface area contributed by atoms with Gasteiger partial charge in [0.15, 0.2) is 0 Å². The third-order valence-corrected chi connectivity index (χ3v) is 7.27. The third kappa shape index (κ3) is 3.52.